The number of carboxylic acid groups (broad SMARTS) is 1. The normalized spacial score (nSPS) is 23.9. The summed E-state index contributed by atoms with van der Waals surface area (Å²) in [6.07, 6.45) is 2.55. The lowest BCUT2D eigenvalue weighted by atomic mass is 9.77. The zero-order chi connectivity index (χ0) is 18.4. The first-order valence-electron chi connectivity index (χ1n) is 8.99. The lowest BCUT2D eigenvalue weighted by Crippen LogP contribution is -2.46. The molecule has 1 aromatic carbocycles. The van der Waals surface area contributed by atoms with Gasteiger partial charge >= 0.3 is 11.9 Å². The number of ether oxygens (including phenoxy) is 1. The Bertz CT molecular complexity index is 579. The molecule has 1 aliphatic rings. The van der Waals surface area contributed by atoms with Gasteiger partial charge in [0.1, 0.15) is 5.60 Å². The molecule has 0 amide bonds. The number of esters is 1. The molecule has 3 atom stereocenters. The topological polar surface area (TPSA) is 75.6 Å². The van der Waals surface area contributed by atoms with E-state index in [1.807, 2.05) is 39.0 Å². The number of benzene rings is 1. The van der Waals surface area contributed by atoms with Crippen molar-refractivity contribution in [2.24, 2.45) is 11.8 Å². The third-order valence-electron chi connectivity index (χ3n) is 4.57. The molecule has 0 spiro atoms. The Balaban J connectivity index is 1.88. The van der Waals surface area contributed by atoms with Crippen molar-refractivity contribution in [2.75, 3.05) is 6.54 Å². The number of hydrogen-bond acceptors (Lipinski definition) is 4. The minimum absolute atomic E-state index is 0.0973. The van der Waals surface area contributed by atoms with E-state index in [1.54, 1.807) is 0 Å². The summed E-state index contributed by atoms with van der Waals surface area (Å²) in [6, 6.07) is 10.0. The van der Waals surface area contributed by atoms with E-state index in [9.17, 15) is 14.7 Å². The molecule has 2 N–H and O–H groups in total. The number of carbonyl (C=O) groups excluding carboxylic acids is 1. The maximum Gasteiger partial charge on any atom is 0.309 e. The molecule has 0 aromatic heterocycles. The van der Waals surface area contributed by atoms with Gasteiger partial charge in [-0.3, -0.25) is 9.59 Å². The van der Waals surface area contributed by atoms with Crippen LogP contribution in [0, 0.1) is 11.8 Å². The number of carbonyl (C=O) groups is 2. The molecule has 1 fully saturated rings. The van der Waals surface area contributed by atoms with Crippen LogP contribution in [-0.4, -0.2) is 35.2 Å². The number of carboxylic acids is 1. The average Bonchev–Trinajstić information content (AvgIpc) is 2.54. The molecule has 25 heavy (non-hydrogen) atoms. The average molecular weight is 347 g/mol. The highest BCUT2D eigenvalue weighted by Crippen LogP contribution is 2.31. The van der Waals surface area contributed by atoms with Crippen molar-refractivity contribution in [1.29, 1.82) is 0 Å². The Morgan fingerprint density at radius 3 is 2.48 bits per heavy atom. The van der Waals surface area contributed by atoms with Gasteiger partial charge < -0.3 is 15.2 Å². The third-order valence-corrected chi connectivity index (χ3v) is 4.57. The lowest BCUT2D eigenvalue weighted by Gasteiger charge is -2.34. The molecular formula is C20H29NO4. The van der Waals surface area contributed by atoms with Gasteiger partial charge in [-0.15, -0.1) is 0 Å². The Hall–Kier alpha value is -1.88. The van der Waals surface area contributed by atoms with Crippen molar-refractivity contribution in [3.05, 3.63) is 35.9 Å². The highest BCUT2D eigenvalue weighted by molar-refractivity contribution is 5.76. The first kappa shape index (κ1) is 19.4. The van der Waals surface area contributed by atoms with Crippen LogP contribution in [0.25, 0.3) is 0 Å². The molecule has 2 unspecified atom stereocenters. The minimum atomic E-state index is -0.842. The van der Waals surface area contributed by atoms with Crippen molar-refractivity contribution in [1.82, 2.24) is 5.32 Å². The number of rotatable bonds is 6. The van der Waals surface area contributed by atoms with Crippen LogP contribution in [-0.2, 0) is 20.7 Å². The molecule has 0 saturated heterocycles. The summed E-state index contributed by atoms with van der Waals surface area (Å²) in [7, 11) is 0. The van der Waals surface area contributed by atoms with Crippen LogP contribution >= 0.6 is 0 Å². The second kappa shape index (κ2) is 8.48. The predicted molar refractivity (Wildman–Crippen MR) is 96.2 cm³/mol. The van der Waals surface area contributed by atoms with Crippen LogP contribution in [0.2, 0.25) is 0 Å². The van der Waals surface area contributed by atoms with Gasteiger partial charge in [-0.1, -0.05) is 30.3 Å². The molecule has 2 rings (SSSR count). The van der Waals surface area contributed by atoms with E-state index < -0.39 is 17.5 Å². The molecule has 0 aliphatic heterocycles. The number of nitrogens with one attached hydrogen (secondary N) is 1. The molecule has 1 aliphatic carbocycles. The first-order valence-corrected chi connectivity index (χ1v) is 8.99. The maximum absolute atomic E-state index is 12.3. The second-order valence-electron chi connectivity index (χ2n) is 7.78. The van der Waals surface area contributed by atoms with Crippen molar-refractivity contribution in [3.8, 4) is 0 Å². The second-order valence-corrected chi connectivity index (χ2v) is 7.78. The molecule has 0 bridgehead atoms. The molecular weight excluding hydrogens is 318 g/mol. The van der Waals surface area contributed by atoms with Gasteiger partial charge in [-0.25, -0.2) is 0 Å². The molecule has 1 aromatic rings. The molecule has 0 radical (unpaired) electrons. The zero-order valence-electron chi connectivity index (χ0n) is 15.3. The van der Waals surface area contributed by atoms with Crippen LogP contribution in [0.5, 0.6) is 0 Å². The summed E-state index contributed by atoms with van der Waals surface area (Å²) in [6.45, 7) is 6.22. The maximum atomic E-state index is 12.3. The largest absolute Gasteiger partial charge is 0.481 e. The number of hydrogen-bond donors (Lipinski definition) is 2. The fraction of sp³-hybridized carbons (Fsp3) is 0.600. The zero-order valence-corrected chi connectivity index (χ0v) is 15.3. The summed E-state index contributed by atoms with van der Waals surface area (Å²) in [5.41, 5.74) is 0.685. The van der Waals surface area contributed by atoms with Crippen LogP contribution in [0.15, 0.2) is 30.3 Å². The van der Waals surface area contributed by atoms with E-state index in [1.165, 1.54) is 5.56 Å². The van der Waals surface area contributed by atoms with Gasteiger partial charge in [-0.05, 0) is 58.6 Å². The van der Waals surface area contributed by atoms with Crippen molar-refractivity contribution in [2.45, 2.75) is 58.1 Å². The van der Waals surface area contributed by atoms with Gasteiger partial charge in [-0.2, -0.15) is 0 Å². The first-order chi connectivity index (χ1) is 11.8. The van der Waals surface area contributed by atoms with Gasteiger partial charge in [0.25, 0.3) is 0 Å². The molecule has 5 heteroatoms. The monoisotopic (exact) mass is 347 g/mol. The van der Waals surface area contributed by atoms with Crippen molar-refractivity contribution in [3.63, 3.8) is 0 Å². The van der Waals surface area contributed by atoms with E-state index in [0.717, 1.165) is 13.0 Å². The van der Waals surface area contributed by atoms with E-state index in [4.69, 9.17) is 4.74 Å². The number of aliphatic carboxylic acids is 1. The quantitative estimate of drug-likeness (QED) is 0.774. The lowest BCUT2D eigenvalue weighted by molar-refractivity contribution is -0.163. The van der Waals surface area contributed by atoms with Gasteiger partial charge in [0.05, 0.1) is 11.8 Å². The fourth-order valence-corrected chi connectivity index (χ4v) is 3.33. The minimum Gasteiger partial charge on any atom is -0.481 e. The van der Waals surface area contributed by atoms with Crippen molar-refractivity contribution >= 4 is 11.9 Å². The third kappa shape index (κ3) is 6.16. The van der Waals surface area contributed by atoms with Crippen LogP contribution < -0.4 is 5.32 Å². The molecule has 1 saturated carbocycles. The Morgan fingerprint density at radius 2 is 1.88 bits per heavy atom. The molecule has 138 valence electrons. The van der Waals surface area contributed by atoms with Crippen LogP contribution in [0.4, 0.5) is 0 Å². The summed E-state index contributed by atoms with van der Waals surface area (Å²) >= 11 is 0. The van der Waals surface area contributed by atoms with Crippen LogP contribution in [0.3, 0.4) is 0 Å². The predicted octanol–water partition coefficient (Wildman–Crippen LogP) is 3.03. The van der Waals surface area contributed by atoms with Gasteiger partial charge in [0.2, 0.25) is 0 Å². The highest BCUT2D eigenvalue weighted by Gasteiger charge is 2.39. The summed E-state index contributed by atoms with van der Waals surface area (Å²) < 4.78 is 5.43. The van der Waals surface area contributed by atoms with E-state index >= 15 is 0 Å². The summed E-state index contributed by atoms with van der Waals surface area (Å²) in [5, 5.41) is 12.9. The van der Waals surface area contributed by atoms with Gasteiger partial charge in [0, 0.05) is 6.04 Å². The fourth-order valence-electron chi connectivity index (χ4n) is 3.33. The Labute approximate surface area is 149 Å². The van der Waals surface area contributed by atoms with E-state index in [2.05, 4.69) is 17.4 Å². The summed E-state index contributed by atoms with van der Waals surface area (Å²) in [5.74, 6) is -2.00. The SMILES string of the molecule is CC(C)(C)OC(=O)C1CC[C@H](NCCc2ccccc2)C(C(=O)O)C1. The summed E-state index contributed by atoms with van der Waals surface area (Å²) in [4.78, 5) is 23.9. The van der Waals surface area contributed by atoms with Gasteiger partial charge in [0.15, 0.2) is 0 Å². The Morgan fingerprint density at radius 1 is 1.20 bits per heavy atom. The van der Waals surface area contributed by atoms with E-state index in [-0.39, 0.29) is 17.9 Å². The molecule has 5 nitrogen and oxygen atoms in total. The molecule has 0 heterocycles. The standard InChI is InChI=1S/C20H29NO4/c1-20(2,3)25-19(24)15-9-10-17(16(13-15)18(22)23)21-12-11-14-7-5-4-6-8-14/h4-8,15-17,21H,9-13H2,1-3H3,(H,22,23)/t15?,16?,17-/m0/s1. The van der Waals surface area contributed by atoms with E-state index in [0.29, 0.717) is 19.3 Å². The Kier molecular flexibility index (Phi) is 6.59. The highest BCUT2D eigenvalue weighted by atomic mass is 16.6. The van der Waals surface area contributed by atoms with Crippen LogP contribution in [0.1, 0.15) is 45.6 Å². The smallest absolute Gasteiger partial charge is 0.309 e. The van der Waals surface area contributed by atoms with Crippen molar-refractivity contribution < 1.29 is 19.4 Å².